The lowest BCUT2D eigenvalue weighted by Crippen LogP contribution is -2.45. The van der Waals surface area contributed by atoms with E-state index in [9.17, 15) is 0 Å². The highest BCUT2D eigenvalue weighted by Crippen LogP contribution is 2.23. The Balaban J connectivity index is 0.00000288. The van der Waals surface area contributed by atoms with Gasteiger partial charge in [0.05, 0.1) is 12.7 Å². The molecule has 1 unspecified atom stereocenters. The van der Waals surface area contributed by atoms with E-state index in [1.54, 1.807) is 14.2 Å². The van der Waals surface area contributed by atoms with Crippen molar-refractivity contribution in [3.8, 4) is 5.75 Å². The SMILES string of the molecule is CN=C(NCCCc1ccc(OC)cc1)NCC1(C)CCCO1.I. The average molecular weight is 447 g/mol. The Kier molecular flexibility index (Phi) is 9.43. The normalized spacial score (nSPS) is 20.4. The molecule has 0 spiro atoms. The molecule has 0 radical (unpaired) electrons. The number of aryl methyl sites for hydroxylation is 1. The minimum absolute atomic E-state index is 0. The number of halogens is 1. The van der Waals surface area contributed by atoms with Gasteiger partial charge in [0.2, 0.25) is 0 Å². The third-order valence-corrected chi connectivity index (χ3v) is 4.25. The summed E-state index contributed by atoms with van der Waals surface area (Å²) < 4.78 is 11.0. The van der Waals surface area contributed by atoms with Crippen molar-refractivity contribution in [2.24, 2.45) is 4.99 Å². The van der Waals surface area contributed by atoms with Gasteiger partial charge in [-0.1, -0.05) is 12.1 Å². The van der Waals surface area contributed by atoms with Crippen LogP contribution in [0.5, 0.6) is 5.75 Å². The second-order valence-corrected chi connectivity index (χ2v) is 6.21. The Hall–Kier alpha value is -1.02. The van der Waals surface area contributed by atoms with Gasteiger partial charge in [0.25, 0.3) is 0 Å². The highest BCUT2D eigenvalue weighted by atomic mass is 127. The van der Waals surface area contributed by atoms with Crippen LogP contribution < -0.4 is 15.4 Å². The first-order valence-electron chi connectivity index (χ1n) is 8.37. The summed E-state index contributed by atoms with van der Waals surface area (Å²) in [6.07, 6.45) is 4.34. The standard InChI is InChI=1S/C18H29N3O2.HI/c1-18(11-5-13-23-18)14-21-17(19-2)20-12-4-6-15-7-9-16(22-3)10-8-15;/h7-10H,4-6,11-14H2,1-3H3,(H2,19,20,21);1H. The lowest BCUT2D eigenvalue weighted by atomic mass is 10.0. The van der Waals surface area contributed by atoms with E-state index in [1.807, 2.05) is 12.1 Å². The minimum atomic E-state index is -0.0548. The van der Waals surface area contributed by atoms with Crippen molar-refractivity contribution in [3.05, 3.63) is 29.8 Å². The van der Waals surface area contributed by atoms with Crippen LogP contribution in [-0.2, 0) is 11.2 Å². The zero-order valence-electron chi connectivity index (χ0n) is 14.9. The quantitative estimate of drug-likeness (QED) is 0.292. The van der Waals surface area contributed by atoms with E-state index < -0.39 is 0 Å². The number of hydrogen-bond acceptors (Lipinski definition) is 3. The van der Waals surface area contributed by atoms with Crippen molar-refractivity contribution >= 4 is 29.9 Å². The van der Waals surface area contributed by atoms with Crippen LogP contribution in [0, 0.1) is 0 Å². The molecular weight excluding hydrogens is 417 g/mol. The van der Waals surface area contributed by atoms with Crippen LogP contribution in [0.2, 0.25) is 0 Å². The van der Waals surface area contributed by atoms with Crippen LogP contribution in [0.25, 0.3) is 0 Å². The summed E-state index contributed by atoms with van der Waals surface area (Å²) in [5.74, 6) is 1.75. The van der Waals surface area contributed by atoms with Crippen molar-refractivity contribution in [3.63, 3.8) is 0 Å². The number of aliphatic imine (C=N–C) groups is 1. The first kappa shape index (κ1) is 21.0. The average Bonchev–Trinajstić information content (AvgIpc) is 3.01. The van der Waals surface area contributed by atoms with Crippen molar-refractivity contribution in [1.82, 2.24) is 10.6 Å². The molecule has 24 heavy (non-hydrogen) atoms. The molecule has 0 aliphatic carbocycles. The molecule has 0 amide bonds. The predicted octanol–water partition coefficient (Wildman–Crippen LogP) is 2.98. The molecule has 6 heteroatoms. The van der Waals surface area contributed by atoms with Gasteiger partial charge in [-0.25, -0.2) is 0 Å². The largest absolute Gasteiger partial charge is 0.497 e. The maximum atomic E-state index is 5.78. The highest BCUT2D eigenvalue weighted by molar-refractivity contribution is 14.0. The number of nitrogens with one attached hydrogen (secondary N) is 2. The van der Waals surface area contributed by atoms with Gasteiger partial charge in [0.15, 0.2) is 5.96 Å². The van der Waals surface area contributed by atoms with E-state index in [0.29, 0.717) is 0 Å². The third kappa shape index (κ3) is 6.84. The summed E-state index contributed by atoms with van der Waals surface area (Å²) in [6.45, 7) is 4.71. The predicted molar refractivity (Wildman–Crippen MR) is 110 cm³/mol. The van der Waals surface area contributed by atoms with E-state index in [4.69, 9.17) is 9.47 Å². The summed E-state index contributed by atoms with van der Waals surface area (Å²) in [6, 6.07) is 8.24. The Morgan fingerprint density at radius 3 is 2.62 bits per heavy atom. The Morgan fingerprint density at radius 1 is 1.29 bits per heavy atom. The van der Waals surface area contributed by atoms with Crippen LogP contribution >= 0.6 is 24.0 Å². The highest BCUT2D eigenvalue weighted by Gasteiger charge is 2.29. The van der Waals surface area contributed by atoms with E-state index in [1.165, 1.54) is 5.56 Å². The molecule has 1 aliphatic heterocycles. The van der Waals surface area contributed by atoms with E-state index in [2.05, 4.69) is 34.7 Å². The Morgan fingerprint density at radius 2 is 2.04 bits per heavy atom. The summed E-state index contributed by atoms with van der Waals surface area (Å²) >= 11 is 0. The van der Waals surface area contributed by atoms with Gasteiger partial charge in [0.1, 0.15) is 5.75 Å². The molecule has 1 aromatic carbocycles. The maximum Gasteiger partial charge on any atom is 0.191 e. The van der Waals surface area contributed by atoms with Crippen LogP contribution in [0.1, 0.15) is 31.7 Å². The minimum Gasteiger partial charge on any atom is -0.497 e. The smallest absolute Gasteiger partial charge is 0.191 e. The molecule has 0 saturated carbocycles. The molecule has 2 N–H and O–H groups in total. The van der Waals surface area contributed by atoms with Crippen LogP contribution in [0.15, 0.2) is 29.3 Å². The summed E-state index contributed by atoms with van der Waals surface area (Å²) in [7, 11) is 3.49. The molecule has 1 heterocycles. The van der Waals surface area contributed by atoms with Crippen molar-refractivity contribution in [2.75, 3.05) is 33.9 Å². The first-order valence-corrected chi connectivity index (χ1v) is 8.37. The fourth-order valence-electron chi connectivity index (χ4n) is 2.76. The van der Waals surface area contributed by atoms with E-state index in [0.717, 1.165) is 57.1 Å². The van der Waals surface area contributed by atoms with Crippen LogP contribution in [-0.4, -0.2) is 45.4 Å². The topological polar surface area (TPSA) is 54.9 Å². The molecule has 1 aliphatic rings. The first-order chi connectivity index (χ1) is 11.1. The number of nitrogens with zero attached hydrogens (tertiary/aromatic N) is 1. The summed E-state index contributed by atoms with van der Waals surface area (Å²) in [5.41, 5.74) is 1.27. The molecular formula is C18H30IN3O2. The molecule has 1 atom stereocenters. The van der Waals surface area contributed by atoms with Crippen molar-refractivity contribution in [2.45, 2.75) is 38.2 Å². The van der Waals surface area contributed by atoms with Gasteiger partial charge in [0, 0.05) is 26.7 Å². The molecule has 1 fully saturated rings. The van der Waals surface area contributed by atoms with Crippen LogP contribution in [0.4, 0.5) is 0 Å². The molecule has 0 aromatic heterocycles. The van der Waals surface area contributed by atoms with Gasteiger partial charge in [-0.05, 0) is 50.3 Å². The third-order valence-electron chi connectivity index (χ3n) is 4.25. The van der Waals surface area contributed by atoms with Gasteiger partial charge in [-0.2, -0.15) is 0 Å². The van der Waals surface area contributed by atoms with E-state index >= 15 is 0 Å². The number of benzene rings is 1. The van der Waals surface area contributed by atoms with Gasteiger partial charge < -0.3 is 20.1 Å². The van der Waals surface area contributed by atoms with Crippen LogP contribution in [0.3, 0.4) is 0 Å². The second kappa shape index (κ2) is 10.8. The number of guanidine groups is 1. The fourth-order valence-corrected chi connectivity index (χ4v) is 2.76. The van der Waals surface area contributed by atoms with Crippen molar-refractivity contribution in [1.29, 1.82) is 0 Å². The monoisotopic (exact) mass is 447 g/mol. The molecule has 0 bridgehead atoms. The summed E-state index contributed by atoms with van der Waals surface area (Å²) in [4.78, 5) is 4.27. The number of rotatable bonds is 7. The van der Waals surface area contributed by atoms with Gasteiger partial charge in [-0.3, -0.25) is 4.99 Å². The lowest BCUT2D eigenvalue weighted by molar-refractivity contribution is 0.0243. The lowest BCUT2D eigenvalue weighted by Gasteiger charge is -2.24. The fraction of sp³-hybridized carbons (Fsp3) is 0.611. The molecule has 1 aromatic rings. The molecule has 136 valence electrons. The zero-order valence-corrected chi connectivity index (χ0v) is 17.3. The number of ether oxygens (including phenoxy) is 2. The van der Waals surface area contributed by atoms with E-state index in [-0.39, 0.29) is 29.6 Å². The summed E-state index contributed by atoms with van der Waals surface area (Å²) in [5, 5.41) is 6.73. The molecule has 2 rings (SSSR count). The maximum absolute atomic E-state index is 5.78. The number of methoxy groups -OCH3 is 1. The van der Waals surface area contributed by atoms with Gasteiger partial charge >= 0.3 is 0 Å². The van der Waals surface area contributed by atoms with Crippen molar-refractivity contribution < 1.29 is 9.47 Å². The second-order valence-electron chi connectivity index (χ2n) is 6.21. The Bertz CT molecular complexity index is 499. The number of hydrogen-bond donors (Lipinski definition) is 2. The zero-order chi connectivity index (χ0) is 16.5. The van der Waals surface area contributed by atoms with Gasteiger partial charge in [-0.15, -0.1) is 24.0 Å². The molecule has 5 nitrogen and oxygen atoms in total. The molecule has 1 saturated heterocycles. The Labute approximate surface area is 162 Å².